The maximum Gasteiger partial charge on any atom is 0.270 e. The first-order chi connectivity index (χ1) is 12.0. The molecule has 0 atom stereocenters. The zero-order valence-corrected chi connectivity index (χ0v) is 14.6. The fraction of sp³-hybridized carbons (Fsp3) is 0.167. The molecule has 1 aromatic heterocycles. The summed E-state index contributed by atoms with van der Waals surface area (Å²) in [4.78, 5) is 15.5. The molecule has 0 saturated heterocycles. The number of rotatable bonds is 3. The number of non-ortho nitro benzene ring substituents is 1. The highest BCUT2D eigenvalue weighted by molar-refractivity contribution is 7.19. The standard InChI is InChI=1S/C18H14N2O4S/c1-9-19-17-14-8-16(24-3)15(23-2)7-13(14)12-6-10(20(21)22)4-5-11(12)18(17)25-9/h4-8H,1-3H3. The minimum absolute atomic E-state index is 0.0594. The molecule has 4 rings (SSSR count). The summed E-state index contributed by atoms with van der Waals surface area (Å²) in [6.07, 6.45) is 0. The number of hydrogen-bond acceptors (Lipinski definition) is 6. The number of aromatic nitrogens is 1. The van der Waals surface area contributed by atoms with Gasteiger partial charge in [-0.25, -0.2) is 4.98 Å². The zero-order valence-electron chi connectivity index (χ0n) is 13.8. The summed E-state index contributed by atoms with van der Waals surface area (Å²) < 4.78 is 11.8. The fourth-order valence-electron chi connectivity index (χ4n) is 3.16. The maximum absolute atomic E-state index is 11.2. The number of fused-ring (bicyclic) bond motifs is 6. The van der Waals surface area contributed by atoms with Crippen LogP contribution in [-0.2, 0) is 0 Å². The molecule has 0 fully saturated rings. The highest BCUT2D eigenvalue weighted by Gasteiger charge is 2.18. The average Bonchev–Trinajstić information content (AvgIpc) is 3.01. The van der Waals surface area contributed by atoms with Crippen molar-refractivity contribution in [2.45, 2.75) is 6.92 Å². The lowest BCUT2D eigenvalue weighted by Gasteiger charge is -2.12. The molecule has 0 aliphatic carbocycles. The Hall–Kier alpha value is -2.93. The van der Waals surface area contributed by atoms with E-state index in [9.17, 15) is 10.1 Å². The van der Waals surface area contributed by atoms with Crippen LogP contribution in [0.1, 0.15) is 5.01 Å². The first-order valence-corrected chi connectivity index (χ1v) is 8.38. The van der Waals surface area contributed by atoms with Crippen molar-refractivity contribution in [3.05, 3.63) is 45.5 Å². The van der Waals surface area contributed by atoms with Crippen molar-refractivity contribution in [3.8, 4) is 11.5 Å². The molecule has 6 nitrogen and oxygen atoms in total. The number of benzene rings is 3. The van der Waals surface area contributed by atoms with Gasteiger partial charge in [0.1, 0.15) is 0 Å². The molecule has 0 radical (unpaired) electrons. The van der Waals surface area contributed by atoms with Crippen molar-refractivity contribution < 1.29 is 14.4 Å². The smallest absolute Gasteiger partial charge is 0.270 e. The Balaban J connectivity index is 2.27. The van der Waals surface area contributed by atoms with Gasteiger partial charge in [-0.15, -0.1) is 11.3 Å². The zero-order chi connectivity index (χ0) is 17.7. The normalized spacial score (nSPS) is 11.3. The molecule has 0 saturated carbocycles. The third-order valence-corrected chi connectivity index (χ3v) is 5.27. The van der Waals surface area contributed by atoms with Gasteiger partial charge in [-0.05, 0) is 35.9 Å². The third kappa shape index (κ3) is 2.27. The Kier molecular flexibility index (Phi) is 3.47. The molecule has 126 valence electrons. The van der Waals surface area contributed by atoms with E-state index in [0.717, 1.165) is 36.8 Å². The van der Waals surface area contributed by atoms with E-state index < -0.39 is 0 Å². The molecule has 7 heteroatoms. The number of ether oxygens (including phenoxy) is 2. The summed E-state index contributed by atoms with van der Waals surface area (Å²) in [5.74, 6) is 1.18. The number of nitro benzene ring substituents is 1. The van der Waals surface area contributed by atoms with Gasteiger partial charge in [0.15, 0.2) is 11.5 Å². The van der Waals surface area contributed by atoms with Gasteiger partial charge in [-0.2, -0.15) is 0 Å². The highest BCUT2D eigenvalue weighted by atomic mass is 32.1. The van der Waals surface area contributed by atoms with Crippen molar-refractivity contribution in [3.63, 3.8) is 0 Å². The van der Waals surface area contributed by atoms with Crippen molar-refractivity contribution in [2.24, 2.45) is 0 Å². The number of thiazole rings is 1. The average molecular weight is 354 g/mol. The van der Waals surface area contributed by atoms with Gasteiger partial charge in [0.2, 0.25) is 0 Å². The van der Waals surface area contributed by atoms with Crippen LogP contribution in [0.25, 0.3) is 31.8 Å². The van der Waals surface area contributed by atoms with E-state index >= 15 is 0 Å². The van der Waals surface area contributed by atoms with Gasteiger partial charge in [-0.1, -0.05) is 0 Å². The molecule has 0 amide bonds. The molecular formula is C18H14N2O4S. The summed E-state index contributed by atoms with van der Waals surface area (Å²) in [7, 11) is 3.15. The minimum Gasteiger partial charge on any atom is -0.493 e. The molecule has 0 aliphatic heterocycles. The number of nitro groups is 1. The number of aryl methyl sites for hydroxylation is 1. The van der Waals surface area contributed by atoms with Crippen LogP contribution in [0.15, 0.2) is 30.3 Å². The SMILES string of the molecule is COc1cc2c3cc([N+](=O)[O-])ccc3c3sc(C)nc3c2cc1OC. The molecule has 0 aliphatic rings. The summed E-state index contributed by atoms with van der Waals surface area (Å²) in [5, 5.41) is 15.7. The second kappa shape index (κ2) is 5.56. The molecule has 4 aromatic rings. The van der Waals surface area contributed by atoms with Gasteiger partial charge in [0, 0.05) is 22.9 Å². The van der Waals surface area contributed by atoms with Crippen molar-refractivity contribution in [1.82, 2.24) is 4.98 Å². The minimum atomic E-state index is -0.381. The van der Waals surface area contributed by atoms with E-state index in [-0.39, 0.29) is 10.6 Å². The Morgan fingerprint density at radius 2 is 1.64 bits per heavy atom. The van der Waals surface area contributed by atoms with Crippen molar-refractivity contribution in [2.75, 3.05) is 14.2 Å². The Morgan fingerprint density at radius 3 is 2.28 bits per heavy atom. The molecular weight excluding hydrogens is 340 g/mol. The number of hydrogen-bond donors (Lipinski definition) is 0. The monoisotopic (exact) mass is 354 g/mol. The second-order valence-corrected chi connectivity index (χ2v) is 6.85. The van der Waals surface area contributed by atoms with Crippen LogP contribution in [0.3, 0.4) is 0 Å². The predicted molar refractivity (Wildman–Crippen MR) is 99.1 cm³/mol. The van der Waals surface area contributed by atoms with Gasteiger partial charge in [0.05, 0.1) is 34.4 Å². The molecule has 0 spiro atoms. The van der Waals surface area contributed by atoms with E-state index in [1.165, 1.54) is 6.07 Å². The lowest BCUT2D eigenvalue weighted by Crippen LogP contribution is -1.92. The topological polar surface area (TPSA) is 74.5 Å². The highest BCUT2D eigenvalue weighted by Crippen LogP contribution is 2.43. The van der Waals surface area contributed by atoms with E-state index in [4.69, 9.17) is 9.47 Å². The Morgan fingerprint density at radius 1 is 1.00 bits per heavy atom. The quantitative estimate of drug-likeness (QED) is 0.299. The van der Waals surface area contributed by atoms with Crippen molar-refractivity contribution >= 4 is 48.8 Å². The molecule has 3 aromatic carbocycles. The van der Waals surface area contributed by atoms with Crippen LogP contribution >= 0.6 is 11.3 Å². The first-order valence-electron chi connectivity index (χ1n) is 7.56. The Labute approximate surface area is 146 Å². The lowest BCUT2D eigenvalue weighted by molar-refractivity contribution is -0.384. The lowest BCUT2D eigenvalue weighted by atomic mass is 9.99. The molecule has 0 N–H and O–H groups in total. The molecule has 0 bridgehead atoms. The largest absolute Gasteiger partial charge is 0.493 e. The first kappa shape index (κ1) is 15.6. The van der Waals surface area contributed by atoms with E-state index in [2.05, 4.69) is 4.98 Å². The van der Waals surface area contributed by atoms with Crippen LogP contribution in [0.4, 0.5) is 5.69 Å². The van der Waals surface area contributed by atoms with Crippen LogP contribution in [0, 0.1) is 17.0 Å². The second-order valence-electron chi connectivity index (χ2n) is 5.65. The molecule has 25 heavy (non-hydrogen) atoms. The van der Waals surface area contributed by atoms with E-state index in [1.54, 1.807) is 37.7 Å². The van der Waals surface area contributed by atoms with E-state index in [0.29, 0.717) is 11.5 Å². The summed E-state index contributed by atoms with van der Waals surface area (Å²) in [6, 6.07) is 8.67. The van der Waals surface area contributed by atoms with Gasteiger partial charge >= 0.3 is 0 Å². The summed E-state index contributed by atoms with van der Waals surface area (Å²) in [6.45, 7) is 1.95. The van der Waals surface area contributed by atoms with Gasteiger partial charge in [-0.3, -0.25) is 10.1 Å². The van der Waals surface area contributed by atoms with Crippen LogP contribution in [0.5, 0.6) is 11.5 Å². The van der Waals surface area contributed by atoms with Gasteiger partial charge < -0.3 is 9.47 Å². The number of nitrogens with zero attached hydrogens (tertiary/aromatic N) is 2. The molecule has 0 unspecified atom stereocenters. The van der Waals surface area contributed by atoms with E-state index in [1.807, 2.05) is 19.1 Å². The fourth-order valence-corrected chi connectivity index (χ4v) is 4.13. The maximum atomic E-state index is 11.2. The summed E-state index contributed by atoms with van der Waals surface area (Å²) in [5.41, 5.74) is 0.934. The van der Waals surface area contributed by atoms with Gasteiger partial charge in [0.25, 0.3) is 5.69 Å². The van der Waals surface area contributed by atoms with Crippen LogP contribution < -0.4 is 9.47 Å². The summed E-state index contributed by atoms with van der Waals surface area (Å²) >= 11 is 1.58. The van der Waals surface area contributed by atoms with Crippen LogP contribution in [0.2, 0.25) is 0 Å². The van der Waals surface area contributed by atoms with Crippen molar-refractivity contribution in [1.29, 1.82) is 0 Å². The van der Waals surface area contributed by atoms with Crippen LogP contribution in [-0.4, -0.2) is 24.1 Å². The number of methoxy groups -OCH3 is 2. The molecule has 1 heterocycles. The predicted octanol–water partition coefficient (Wildman–Crippen LogP) is 4.84. The Bertz CT molecular complexity index is 1170. The third-order valence-electron chi connectivity index (χ3n) is 4.26.